The third-order valence-corrected chi connectivity index (χ3v) is 18.4. The SMILES string of the molecule is Br.CN[C@H](CC(C)C)C(=O)N[C@H]1C(=O)N[C@@H](CC(N)=O)C(=O)N[C@H]2C(=O)N[C@H]3C(=O)N[C@H](C(=O)N[C@@H](C(=O)O)c4cc(O)cc(O)c4-c4cc3ccc4O)[C@H](O)c3ccc(c(Cl)c3)Oc3cc2cc(c3O[C@@H]2O[C@H](CO)[C@@H](O)[C@H](O)[C@H]2O[C@H]2C[C@](C)(N)C(O)[C@H](C)O2)Oc2ccc(cc2Cl)[C@H]1O. The quantitative estimate of drug-likeness (QED) is 0.0771. The fourth-order valence-corrected chi connectivity index (χ4v) is 12.9. The molecule has 7 aliphatic heterocycles. The van der Waals surface area contributed by atoms with Crippen LogP contribution in [0.15, 0.2) is 78.9 Å². The van der Waals surface area contributed by atoms with Gasteiger partial charge in [0.2, 0.25) is 53.4 Å². The molecule has 0 aromatic heterocycles. The number of fused-ring (bicyclic) bond motifs is 15. The molecule has 5 aromatic carbocycles. The number of aliphatic hydroxyl groups excluding tert-OH is 6. The van der Waals surface area contributed by atoms with Crippen LogP contribution in [0.1, 0.15) is 105 Å². The van der Waals surface area contributed by atoms with Gasteiger partial charge < -0.3 is 128 Å². The van der Waals surface area contributed by atoms with Crippen molar-refractivity contribution in [1.29, 1.82) is 0 Å². The van der Waals surface area contributed by atoms with Gasteiger partial charge in [-0.05, 0) is 110 Å². The average molecular weight is 1530 g/mol. The molecule has 0 radical (unpaired) electrons. The van der Waals surface area contributed by atoms with Gasteiger partial charge in [0.25, 0.3) is 0 Å². The highest BCUT2D eigenvalue weighted by Crippen LogP contribution is 2.50. The second kappa shape index (κ2) is 31.5. The average Bonchev–Trinajstić information content (AvgIpc) is 0.768. The first-order valence-electron chi connectivity index (χ1n) is 31.6. The van der Waals surface area contributed by atoms with Gasteiger partial charge in [-0.15, -0.1) is 17.0 Å². The van der Waals surface area contributed by atoms with E-state index < -0.39 is 237 Å². The van der Waals surface area contributed by atoms with Crippen molar-refractivity contribution >= 4 is 87.5 Å². The van der Waals surface area contributed by atoms with Crippen LogP contribution in [0.4, 0.5) is 0 Å². The predicted octanol–water partition coefficient (Wildman–Crippen LogP) is 0.684. The zero-order valence-electron chi connectivity index (χ0n) is 54.7. The van der Waals surface area contributed by atoms with Gasteiger partial charge >= 0.3 is 5.97 Å². The van der Waals surface area contributed by atoms with E-state index in [9.17, 15) is 75.0 Å². The number of phenolic OH excluding ortho intramolecular Hbond substituents is 3. The number of phenols is 3. The lowest BCUT2D eigenvalue weighted by Gasteiger charge is -2.47. The molecule has 33 nitrogen and oxygen atoms in total. The Morgan fingerprint density at radius 3 is 1.89 bits per heavy atom. The van der Waals surface area contributed by atoms with E-state index in [1.807, 2.05) is 13.8 Å². The number of carboxylic acids is 1. The molecule has 0 spiro atoms. The summed E-state index contributed by atoms with van der Waals surface area (Å²) in [5.41, 5.74) is 8.00. The van der Waals surface area contributed by atoms with Gasteiger partial charge in [-0.1, -0.05) is 55.2 Å². The summed E-state index contributed by atoms with van der Waals surface area (Å²) in [4.78, 5) is 117. The number of aliphatic carboxylic acids is 1. The Morgan fingerprint density at radius 2 is 1.31 bits per heavy atom. The molecular formula is C66H76BrCl2N9O24. The van der Waals surface area contributed by atoms with Gasteiger partial charge in [0.05, 0.1) is 41.3 Å². The van der Waals surface area contributed by atoms with Crippen molar-refractivity contribution in [3.05, 3.63) is 117 Å². The Labute approximate surface area is 600 Å². The zero-order valence-corrected chi connectivity index (χ0v) is 58.0. The molecule has 102 heavy (non-hydrogen) atoms. The number of likely N-dealkylation sites (N-methyl/N-ethyl adjacent to an activating group) is 1. The monoisotopic (exact) mass is 1530 g/mol. The van der Waals surface area contributed by atoms with Gasteiger partial charge in [0.15, 0.2) is 29.9 Å². The number of hydrogen-bond donors (Lipinski definition) is 19. The lowest BCUT2D eigenvalue weighted by Crippen LogP contribution is -2.64. The van der Waals surface area contributed by atoms with Crippen LogP contribution in [0, 0.1) is 5.92 Å². The first kappa shape index (κ1) is 77.4. The number of nitrogens with two attached hydrogens (primary N) is 2. The van der Waals surface area contributed by atoms with Gasteiger partial charge in [-0.3, -0.25) is 33.6 Å². The Bertz CT molecular complexity index is 4080. The van der Waals surface area contributed by atoms with Crippen molar-refractivity contribution in [3.63, 3.8) is 0 Å². The summed E-state index contributed by atoms with van der Waals surface area (Å²) in [5, 5.41) is 131. The first-order valence-corrected chi connectivity index (χ1v) is 32.4. The highest BCUT2D eigenvalue weighted by Gasteiger charge is 2.51. The maximum absolute atomic E-state index is 16.0. The molecule has 2 fully saturated rings. The number of benzene rings is 5. The lowest BCUT2D eigenvalue weighted by atomic mass is 9.86. The molecule has 550 valence electrons. The van der Waals surface area contributed by atoms with Crippen molar-refractivity contribution in [2.24, 2.45) is 17.4 Å². The van der Waals surface area contributed by atoms with Gasteiger partial charge in [0.1, 0.15) is 89.5 Å². The maximum atomic E-state index is 16.0. The highest BCUT2D eigenvalue weighted by atomic mass is 79.9. The summed E-state index contributed by atoms with van der Waals surface area (Å²) in [6, 6.07) is -0.679. The number of halogens is 3. The molecule has 0 aliphatic carbocycles. The number of primary amides is 1. The van der Waals surface area contributed by atoms with E-state index in [4.69, 9.17) is 63.1 Å². The number of aromatic hydroxyl groups is 3. The summed E-state index contributed by atoms with van der Waals surface area (Å²) >= 11 is 14.1. The molecule has 12 rings (SSSR count). The maximum Gasteiger partial charge on any atom is 0.330 e. The fraction of sp³-hybridized carbons (Fsp3) is 0.424. The number of nitrogens with one attached hydrogen (secondary N) is 7. The lowest BCUT2D eigenvalue weighted by molar-refractivity contribution is -0.333. The summed E-state index contributed by atoms with van der Waals surface area (Å²) in [7, 11) is 1.47. The van der Waals surface area contributed by atoms with Crippen LogP contribution < -0.4 is 62.9 Å². The molecule has 11 bridgehead atoms. The van der Waals surface area contributed by atoms with Crippen LogP contribution in [-0.4, -0.2) is 191 Å². The Morgan fingerprint density at radius 1 is 0.716 bits per heavy atom. The van der Waals surface area contributed by atoms with Crippen molar-refractivity contribution in [2.45, 2.75) is 156 Å². The van der Waals surface area contributed by atoms with Crippen molar-refractivity contribution in [2.75, 3.05) is 13.7 Å². The number of aliphatic hydroxyl groups is 6. The number of carboxylic acid groups (broad SMARTS) is 1. The zero-order chi connectivity index (χ0) is 73.5. The molecule has 2 saturated heterocycles. The number of carbonyl (C=O) groups is 8. The van der Waals surface area contributed by atoms with Crippen molar-refractivity contribution < 1.29 is 118 Å². The second-order valence-corrected chi connectivity index (χ2v) is 26.5. The van der Waals surface area contributed by atoms with Crippen LogP contribution in [0.3, 0.4) is 0 Å². The van der Waals surface area contributed by atoms with E-state index in [0.717, 1.165) is 66.7 Å². The molecule has 7 aliphatic rings. The molecule has 18 atom stereocenters. The molecule has 1 unspecified atom stereocenters. The third kappa shape index (κ3) is 16.4. The van der Waals surface area contributed by atoms with E-state index in [1.54, 1.807) is 0 Å². The minimum absolute atomic E-state index is 0. The van der Waals surface area contributed by atoms with Gasteiger partial charge in [0, 0.05) is 34.7 Å². The Hall–Kier alpha value is -8.72. The van der Waals surface area contributed by atoms with Crippen molar-refractivity contribution in [3.8, 4) is 57.1 Å². The van der Waals surface area contributed by atoms with Crippen molar-refractivity contribution in [1.82, 2.24) is 37.2 Å². The van der Waals surface area contributed by atoms with Crippen LogP contribution in [0.2, 0.25) is 10.0 Å². The van der Waals surface area contributed by atoms with Crippen LogP contribution in [0.25, 0.3) is 11.1 Å². The largest absolute Gasteiger partial charge is 0.508 e. The molecule has 36 heteroatoms. The summed E-state index contributed by atoms with van der Waals surface area (Å²) in [6.07, 6.45) is -18.6. The Balaban J connectivity index is 0.0000121. The van der Waals surface area contributed by atoms with Crippen LogP contribution >= 0.6 is 40.2 Å². The van der Waals surface area contributed by atoms with Gasteiger partial charge in [-0.2, -0.15) is 0 Å². The number of rotatable bonds is 13. The third-order valence-electron chi connectivity index (χ3n) is 17.8. The number of ether oxygens (including phenoxy) is 6. The molecule has 0 saturated carbocycles. The molecular weight excluding hydrogens is 1450 g/mol. The number of hydrogen-bond acceptors (Lipinski definition) is 25. The molecule has 7 amide bonds. The molecule has 5 aromatic rings. The highest BCUT2D eigenvalue weighted by molar-refractivity contribution is 8.93. The second-order valence-electron chi connectivity index (χ2n) is 25.7. The summed E-state index contributed by atoms with van der Waals surface area (Å²) in [6.45, 7) is 5.66. The smallest absolute Gasteiger partial charge is 0.330 e. The van der Waals surface area contributed by atoms with E-state index in [2.05, 4.69) is 37.2 Å². The van der Waals surface area contributed by atoms with E-state index in [1.165, 1.54) is 33.0 Å². The first-order chi connectivity index (χ1) is 47.7. The van der Waals surface area contributed by atoms with Crippen LogP contribution in [0.5, 0.6) is 46.0 Å². The summed E-state index contributed by atoms with van der Waals surface area (Å²) in [5.74, 6) is -16.0. The topological polar surface area (TPSA) is 530 Å². The number of carbonyl (C=O) groups excluding carboxylic acids is 7. The predicted molar refractivity (Wildman–Crippen MR) is 360 cm³/mol. The minimum atomic E-state index is -2.35. The fourth-order valence-electron chi connectivity index (χ4n) is 12.5. The van der Waals surface area contributed by atoms with E-state index >= 15 is 14.4 Å². The summed E-state index contributed by atoms with van der Waals surface area (Å²) < 4.78 is 38.3. The van der Waals surface area contributed by atoms with Gasteiger partial charge in [-0.25, -0.2) is 4.79 Å². The molecule has 21 N–H and O–H groups in total. The van der Waals surface area contributed by atoms with Crippen LogP contribution in [-0.2, 0) is 52.6 Å². The Kier molecular flexibility index (Phi) is 23.9. The van der Waals surface area contributed by atoms with E-state index in [-0.39, 0.29) is 63.2 Å². The standard InChI is InChI=1S/C66H75Cl2N9O24.BrH/c1-23(2)12-34(71-5)58(88)76-49-51(83)26-7-10-38(32(67)14-26)97-40-16-28-17-41(55(40)101-65-56(54(86)53(85)42(22-78)99-65)100-44-21-66(4,70)57(87)24(3)96-44)98-39-11-8-27(15-33(39)68)52(84)50-63(93)75-48(64(94)95)31-18-29(79)19-37(81)45(31)30-13-25(6-9-36(30)80)46(60(90)77-50)74-61(91)47(28)73-59(89)35(20-43(69)82)72-62(49)92;/h6-11,13-19,23-24,34-35,42,44,46-54,56-57,65,71,78-81,83-87H,12,20-22,70H2,1-5H3,(H2,69,82)(H,72,92)(H,73,89)(H,74,91)(H,75,93)(H,76,88)(H,77,90)(H,94,95);1H/t24-,34+,35-,42+,44-,46+,47+,48+,49+,50-,51+,52+,53+,54-,56+,57?,65-,66-;/m0./s1. The number of amides is 7. The minimum Gasteiger partial charge on any atom is -0.508 e. The normalized spacial score (nSPS) is 29.1. The molecule has 7 heterocycles. The van der Waals surface area contributed by atoms with E-state index in [0.29, 0.717) is 0 Å².